The molecule has 6 atom stereocenters. The average molecular weight is 1310 g/mol. The maximum atomic E-state index is 14.7. The van der Waals surface area contributed by atoms with Crippen molar-refractivity contribution in [1.82, 2.24) is 52.7 Å². The van der Waals surface area contributed by atoms with E-state index in [1.54, 1.807) is 46.1 Å². The minimum atomic E-state index is -2.29. The highest BCUT2D eigenvalue weighted by Gasteiger charge is 2.48. The second-order valence-corrected chi connectivity index (χ2v) is 22.7. The minimum Gasteiger partial charge on any atom is -0.497 e. The van der Waals surface area contributed by atoms with Crippen LogP contribution >= 0.6 is 0 Å². The number of nitrogens with zero attached hydrogens (tertiary/aromatic N) is 3. The number of nitro benzene ring substituents is 2. The number of ketones is 1. The topological polar surface area (TPSA) is 546 Å². The Morgan fingerprint density at radius 3 is 2.05 bits per heavy atom. The fraction of sp³-hybridized carbons (Fsp3) is 0.534. The van der Waals surface area contributed by atoms with E-state index in [4.69, 9.17) is 38.6 Å². The second kappa shape index (κ2) is 36.5. The van der Waals surface area contributed by atoms with Crippen LogP contribution in [0.15, 0.2) is 51.7 Å². The molecule has 2 heterocycles. The van der Waals surface area contributed by atoms with Crippen LogP contribution < -0.4 is 80.7 Å². The Kier molecular flexibility index (Phi) is 28.8. The zero-order valence-corrected chi connectivity index (χ0v) is 52.3. The predicted octanol–water partition coefficient (Wildman–Crippen LogP) is -1.67. The van der Waals surface area contributed by atoms with Crippen LogP contribution in [0.5, 0.6) is 5.75 Å². The van der Waals surface area contributed by atoms with E-state index in [0.29, 0.717) is 22.5 Å². The molecule has 1 aliphatic heterocycles. The minimum absolute atomic E-state index is 0.0181. The van der Waals surface area contributed by atoms with E-state index in [2.05, 4.69) is 47.9 Å². The van der Waals surface area contributed by atoms with Gasteiger partial charge in [-0.2, -0.15) is 0 Å². The summed E-state index contributed by atoms with van der Waals surface area (Å²) in [6.45, 7) is 4.89. The highest BCUT2D eigenvalue weighted by molar-refractivity contribution is 6.12. The summed E-state index contributed by atoms with van der Waals surface area (Å²) in [6.07, 6.45) is 0.530. The molecule has 1 aromatic heterocycles. The maximum Gasteiger partial charge on any atom is 0.336 e. The lowest BCUT2D eigenvalue weighted by atomic mass is 9.84. The van der Waals surface area contributed by atoms with Crippen LogP contribution in [-0.2, 0) is 54.4 Å². The summed E-state index contributed by atoms with van der Waals surface area (Å²) in [5.41, 5.74) is 13.2. The number of benzene rings is 2. The summed E-state index contributed by atoms with van der Waals surface area (Å²) in [5, 5.41) is 62.1. The SMILES string of the molecule is [2H]N(CC[C]=O)C(=O)[C@@H](CCCNC(=N)N)NC(=O)CCNC(=O)[C@H](CNc1ccc([N+](=O)[O-])cc1[N+](=O)[O-])NC(=O)[C@H](CC(C)C)NC(=O)CNC(=O)[C@H](CC(C)C)NC(=O)[C@@H]1CCCN1C(=O)[C@](N)(CCCNC(=N)N)C(=O)Cc1cc(=O)oc2cc(OC)ccc12. The molecule has 1 radical (unpaired) electrons. The molecule has 0 bridgehead atoms. The molecule has 0 unspecified atom stereocenters. The van der Waals surface area contributed by atoms with Crippen LogP contribution in [0, 0.1) is 42.9 Å². The van der Waals surface area contributed by atoms with Gasteiger partial charge in [-0.15, -0.1) is 0 Å². The standard InChI is InChI=1S/C58H83N18O17/c1-32(2)24-40(72-54(86)43-11-7-22-74(43)55(87)58(63,17-8-19-67-57(61)62)46(78)26-34-27-49(81)93-45-29-36(92-5)13-14-37(34)45)51(83)69-31-48(80)71-41(25-33(3)4)53(85)73-42(30-68-38-15-12-35(75(88)89)28-44(38)76(90)91)52(84)65-21-16-47(79)70-39(10-6-18-66-56(59)60)50(82)64-20-9-23-77/h12-15,27-29,32-33,39-43,68H,6-11,16-22,24-26,30-31,63H2,1-5H3,(H,64,82)(H,65,84)(H,69,83)(H,70,79)(H,71,80)(H,72,86)(H,73,85)(H4,59,60,66)(H4,61,62,67)/t39-,40+,41+,42+,43+,58+/m1/s1/i/hD. The molecule has 1 saturated heterocycles. The van der Waals surface area contributed by atoms with Crippen molar-refractivity contribution in [3.05, 3.63) is 78.7 Å². The van der Waals surface area contributed by atoms with Gasteiger partial charge in [0.05, 0.1) is 29.6 Å². The van der Waals surface area contributed by atoms with Crippen molar-refractivity contribution in [2.45, 2.75) is 134 Å². The Morgan fingerprint density at radius 1 is 0.785 bits per heavy atom. The Hall–Kier alpha value is -10.4. The normalized spacial score (nSPS) is 14.7. The first-order valence-electron chi connectivity index (χ1n) is 30.3. The van der Waals surface area contributed by atoms with Crippen LogP contribution in [-0.4, -0.2) is 175 Å². The number of non-ortho nitro benzene ring substituents is 1. The summed E-state index contributed by atoms with van der Waals surface area (Å²) in [6, 6.07) is 1.41. The third kappa shape index (κ3) is 23.8. The number of nitrogens with one attached hydrogen (secondary N) is 12. The lowest BCUT2D eigenvalue weighted by Crippen LogP contribution is -2.64. The summed E-state index contributed by atoms with van der Waals surface area (Å²) in [4.78, 5) is 172. The number of carbonyl (C=O) groups excluding carboxylic acids is 10. The molecule has 1 fully saturated rings. The lowest BCUT2D eigenvalue weighted by molar-refractivity contribution is -0.393. The van der Waals surface area contributed by atoms with E-state index in [-0.39, 0.29) is 125 Å². The van der Waals surface area contributed by atoms with Crippen molar-refractivity contribution >= 4 is 99.3 Å². The first kappa shape index (κ1) is 73.4. The van der Waals surface area contributed by atoms with Gasteiger partial charge in [0.1, 0.15) is 47.2 Å². The van der Waals surface area contributed by atoms with Gasteiger partial charge in [-0.1, -0.05) is 27.7 Å². The third-order valence-corrected chi connectivity index (χ3v) is 14.5. The largest absolute Gasteiger partial charge is 0.497 e. The molecule has 0 saturated carbocycles. The van der Waals surface area contributed by atoms with Crippen LogP contribution in [0.25, 0.3) is 11.0 Å². The molecule has 93 heavy (non-hydrogen) atoms. The van der Waals surface area contributed by atoms with Gasteiger partial charge >= 0.3 is 5.63 Å². The van der Waals surface area contributed by atoms with E-state index >= 15 is 0 Å². The van der Waals surface area contributed by atoms with E-state index in [9.17, 15) is 73.0 Å². The Bertz CT molecular complexity index is 3350. The van der Waals surface area contributed by atoms with E-state index in [1.807, 2.05) is 0 Å². The summed E-state index contributed by atoms with van der Waals surface area (Å²) in [7, 11) is 1.41. The number of nitro groups is 2. The van der Waals surface area contributed by atoms with Crippen LogP contribution in [0.3, 0.4) is 0 Å². The van der Waals surface area contributed by atoms with Crippen molar-refractivity contribution in [2.75, 3.05) is 58.2 Å². The van der Waals surface area contributed by atoms with Gasteiger partial charge in [-0.3, -0.25) is 79.0 Å². The third-order valence-electron chi connectivity index (χ3n) is 14.5. The fourth-order valence-electron chi connectivity index (χ4n) is 9.94. The number of amides is 8. The molecule has 4 rings (SSSR count). The number of guanidine groups is 2. The number of ether oxygens (including phenoxy) is 1. The number of nitrogens with two attached hydrogens (primary N) is 3. The number of methoxy groups -OCH3 is 1. The van der Waals surface area contributed by atoms with E-state index in [0.717, 1.165) is 23.1 Å². The molecule has 0 aliphatic carbocycles. The first-order chi connectivity index (χ1) is 44.4. The molecule has 35 heteroatoms. The van der Waals surface area contributed by atoms with Gasteiger partial charge in [0.2, 0.25) is 41.4 Å². The van der Waals surface area contributed by atoms with Crippen molar-refractivity contribution in [2.24, 2.45) is 29.0 Å². The molecule has 0 spiro atoms. The van der Waals surface area contributed by atoms with E-state index < -0.39 is 148 Å². The predicted molar refractivity (Wildman–Crippen MR) is 337 cm³/mol. The van der Waals surface area contributed by atoms with Crippen molar-refractivity contribution in [3.8, 4) is 5.75 Å². The molecule has 507 valence electrons. The van der Waals surface area contributed by atoms with Gasteiger partial charge in [0.15, 0.2) is 30.9 Å². The molecule has 18 N–H and O–H groups in total. The van der Waals surface area contributed by atoms with Crippen LogP contribution in [0.1, 0.15) is 97.5 Å². The lowest BCUT2D eigenvalue weighted by Gasteiger charge is -2.34. The van der Waals surface area contributed by atoms with Gasteiger partial charge in [-0.25, -0.2) is 4.79 Å². The Balaban J connectivity index is 1.51. The quantitative estimate of drug-likeness (QED) is 0.00577. The average Bonchev–Trinajstić information content (AvgIpc) is 1.27. The zero-order valence-electron chi connectivity index (χ0n) is 53.3. The molecular weight excluding hydrogens is 1220 g/mol. The van der Waals surface area contributed by atoms with Gasteiger partial charge in [-0.05, 0) is 87.0 Å². The van der Waals surface area contributed by atoms with Crippen LogP contribution in [0.4, 0.5) is 17.1 Å². The zero-order chi connectivity index (χ0) is 70.0. The molecule has 1 aliphatic rings. The molecule has 8 amide bonds. The van der Waals surface area contributed by atoms with Crippen molar-refractivity contribution in [3.63, 3.8) is 0 Å². The monoisotopic (exact) mass is 1300 g/mol. The smallest absolute Gasteiger partial charge is 0.336 e. The number of anilines is 1. The molecule has 2 aromatic carbocycles. The number of carbonyl (C=O) groups is 9. The second-order valence-electron chi connectivity index (χ2n) is 22.7. The summed E-state index contributed by atoms with van der Waals surface area (Å²) < 4.78 is 18.6. The number of fused-ring (bicyclic) bond motifs is 1. The highest BCUT2D eigenvalue weighted by atomic mass is 16.6. The molecule has 35 nitrogen and oxygen atoms in total. The van der Waals surface area contributed by atoms with E-state index in [1.165, 1.54) is 13.2 Å². The fourth-order valence-corrected chi connectivity index (χ4v) is 9.94. The number of Topliss-reactive ketones (excluding diaryl/α,β-unsaturated/α-hetero) is 1. The summed E-state index contributed by atoms with van der Waals surface area (Å²) in [5.74, 6) is -8.82. The van der Waals surface area contributed by atoms with Crippen molar-refractivity contribution in [1.29, 1.82) is 10.8 Å². The van der Waals surface area contributed by atoms with Gasteiger partial charge in [0.25, 0.3) is 17.3 Å². The van der Waals surface area contributed by atoms with Gasteiger partial charge < -0.3 is 84.4 Å². The Morgan fingerprint density at radius 2 is 1.43 bits per heavy atom. The van der Waals surface area contributed by atoms with Crippen LogP contribution in [0.2, 0.25) is 1.41 Å². The molecular formula is C58H83N18O17. The Labute approximate surface area is 535 Å². The first-order valence-corrected chi connectivity index (χ1v) is 29.9. The summed E-state index contributed by atoms with van der Waals surface area (Å²) >= 11 is 0. The van der Waals surface area contributed by atoms with Crippen molar-refractivity contribution < 1.29 is 68.4 Å². The molecule has 3 aromatic rings. The number of hydrogen-bond donors (Lipinski definition) is 15. The highest BCUT2D eigenvalue weighted by Crippen LogP contribution is 2.30. The number of rotatable bonds is 39. The number of hydrogen-bond acceptors (Lipinski definition) is 21. The van der Waals surface area contributed by atoms with Gasteiger partial charge in [0, 0.05) is 82.1 Å². The number of likely N-dealkylation sites (tertiary alicyclic amines) is 1. The maximum absolute atomic E-state index is 14.7.